The summed E-state index contributed by atoms with van der Waals surface area (Å²) in [5, 5.41) is 13.3. The highest BCUT2D eigenvalue weighted by molar-refractivity contribution is 7.92. The molecule has 0 aliphatic rings. The van der Waals surface area contributed by atoms with Crippen molar-refractivity contribution in [2.45, 2.75) is 11.8 Å². The number of methoxy groups -OCH3 is 1. The molecule has 0 unspecified atom stereocenters. The third-order valence-corrected chi connectivity index (χ3v) is 4.37. The minimum absolute atomic E-state index is 0.0469. The minimum atomic E-state index is -3.80. The van der Waals surface area contributed by atoms with E-state index in [1.165, 1.54) is 37.3 Å². The third-order valence-electron chi connectivity index (χ3n) is 3.00. The molecule has 0 bridgehead atoms. The quantitative estimate of drug-likeness (QED) is 0.603. The largest absolute Gasteiger partial charge is 0.383 e. The fourth-order valence-corrected chi connectivity index (χ4v) is 2.88. The van der Waals surface area contributed by atoms with Crippen molar-refractivity contribution in [3.05, 3.63) is 36.4 Å². The van der Waals surface area contributed by atoms with E-state index in [1.54, 1.807) is 13.2 Å². The van der Waals surface area contributed by atoms with E-state index in [4.69, 9.17) is 4.74 Å². The van der Waals surface area contributed by atoms with E-state index >= 15 is 0 Å². The van der Waals surface area contributed by atoms with Gasteiger partial charge in [-0.25, -0.2) is 8.42 Å². The van der Waals surface area contributed by atoms with Gasteiger partial charge in [-0.3, -0.25) is 9.52 Å². The van der Waals surface area contributed by atoms with Crippen molar-refractivity contribution in [1.82, 2.24) is 10.2 Å². The number of nitrogens with zero attached hydrogens (tertiary/aromatic N) is 2. The summed E-state index contributed by atoms with van der Waals surface area (Å²) < 4.78 is 31.9. The summed E-state index contributed by atoms with van der Waals surface area (Å²) in [7, 11) is -2.21. The van der Waals surface area contributed by atoms with Crippen molar-refractivity contribution in [1.29, 1.82) is 0 Å². The maximum absolute atomic E-state index is 12.3. The van der Waals surface area contributed by atoms with Gasteiger partial charge in [0, 0.05) is 26.3 Å². The van der Waals surface area contributed by atoms with Crippen molar-refractivity contribution < 1.29 is 17.9 Å². The van der Waals surface area contributed by atoms with Gasteiger partial charge in [0.2, 0.25) is 5.91 Å². The number of rotatable bonds is 8. The van der Waals surface area contributed by atoms with Crippen molar-refractivity contribution in [2.24, 2.45) is 0 Å². The molecular formula is C15H19N5O4S. The van der Waals surface area contributed by atoms with Gasteiger partial charge in [-0.05, 0) is 36.4 Å². The van der Waals surface area contributed by atoms with Crippen molar-refractivity contribution in [3.63, 3.8) is 0 Å². The van der Waals surface area contributed by atoms with E-state index in [9.17, 15) is 13.2 Å². The average Bonchev–Trinajstić information content (AvgIpc) is 2.56. The van der Waals surface area contributed by atoms with Crippen LogP contribution in [0.3, 0.4) is 0 Å². The molecule has 3 N–H and O–H groups in total. The van der Waals surface area contributed by atoms with Gasteiger partial charge in [-0.1, -0.05) is 0 Å². The second-order valence-electron chi connectivity index (χ2n) is 5.03. The van der Waals surface area contributed by atoms with E-state index in [1.807, 2.05) is 0 Å². The minimum Gasteiger partial charge on any atom is -0.383 e. The van der Waals surface area contributed by atoms with Crippen LogP contribution in [0.2, 0.25) is 0 Å². The Labute approximate surface area is 145 Å². The second kappa shape index (κ2) is 8.40. The first-order valence-corrected chi connectivity index (χ1v) is 8.86. The summed E-state index contributed by atoms with van der Waals surface area (Å²) in [5.74, 6) is 0.381. The number of anilines is 3. The number of amides is 1. The molecule has 0 atom stereocenters. The molecule has 0 aliphatic carbocycles. The third kappa shape index (κ3) is 5.69. The Hall–Kier alpha value is -2.72. The van der Waals surface area contributed by atoms with Crippen LogP contribution in [0.25, 0.3) is 0 Å². The lowest BCUT2D eigenvalue weighted by Crippen LogP contribution is -2.15. The van der Waals surface area contributed by atoms with Crippen LogP contribution in [0, 0.1) is 0 Å². The molecule has 0 radical (unpaired) electrons. The molecule has 1 heterocycles. The Morgan fingerprint density at radius 3 is 2.28 bits per heavy atom. The van der Waals surface area contributed by atoms with Crippen molar-refractivity contribution in [3.8, 4) is 0 Å². The summed E-state index contributed by atoms with van der Waals surface area (Å²) in [6.07, 6.45) is 0. The van der Waals surface area contributed by atoms with Crippen LogP contribution in [0.15, 0.2) is 41.3 Å². The highest BCUT2D eigenvalue weighted by Gasteiger charge is 2.15. The van der Waals surface area contributed by atoms with Gasteiger partial charge in [0.1, 0.15) is 5.82 Å². The van der Waals surface area contributed by atoms with Gasteiger partial charge in [0.05, 0.1) is 11.5 Å². The SMILES string of the molecule is COCCNc1ccc(NS(=O)(=O)c2ccc(NC(C)=O)cc2)nn1. The van der Waals surface area contributed by atoms with Crippen LogP contribution in [-0.4, -0.2) is 44.8 Å². The number of hydrogen-bond acceptors (Lipinski definition) is 7. The molecule has 25 heavy (non-hydrogen) atoms. The van der Waals surface area contributed by atoms with E-state index in [0.29, 0.717) is 24.7 Å². The normalized spacial score (nSPS) is 11.0. The Morgan fingerprint density at radius 1 is 1.08 bits per heavy atom. The van der Waals surface area contributed by atoms with Gasteiger partial charge in [-0.15, -0.1) is 10.2 Å². The molecule has 9 nitrogen and oxygen atoms in total. The summed E-state index contributed by atoms with van der Waals surface area (Å²) >= 11 is 0. The zero-order valence-electron chi connectivity index (χ0n) is 13.8. The van der Waals surface area contributed by atoms with Crippen LogP contribution >= 0.6 is 0 Å². The lowest BCUT2D eigenvalue weighted by Gasteiger charge is -2.09. The molecular weight excluding hydrogens is 346 g/mol. The molecule has 2 aromatic rings. The predicted molar refractivity (Wildman–Crippen MR) is 94.0 cm³/mol. The van der Waals surface area contributed by atoms with Gasteiger partial charge in [-0.2, -0.15) is 0 Å². The number of carbonyl (C=O) groups excluding carboxylic acids is 1. The van der Waals surface area contributed by atoms with E-state index in [2.05, 4.69) is 25.6 Å². The first-order valence-electron chi connectivity index (χ1n) is 7.38. The summed E-state index contributed by atoms with van der Waals surface area (Å²) in [4.78, 5) is 11.0. The molecule has 10 heteroatoms. The fourth-order valence-electron chi connectivity index (χ4n) is 1.88. The molecule has 0 saturated carbocycles. The number of nitrogens with one attached hydrogen (secondary N) is 3. The molecule has 1 aromatic carbocycles. The Balaban J connectivity index is 2.03. The summed E-state index contributed by atoms with van der Waals surface area (Å²) in [5.41, 5.74) is 0.512. The molecule has 1 amide bonds. The number of sulfonamides is 1. The number of benzene rings is 1. The Morgan fingerprint density at radius 2 is 1.72 bits per heavy atom. The van der Waals surface area contributed by atoms with Gasteiger partial charge in [0.15, 0.2) is 5.82 Å². The van der Waals surface area contributed by atoms with E-state index in [-0.39, 0.29) is 16.6 Å². The summed E-state index contributed by atoms with van der Waals surface area (Å²) in [6, 6.07) is 8.91. The Kier molecular flexibility index (Phi) is 6.25. The maximum Gasteiger partial charge on any atom is 0.263 e. The lowest BCUT2D eigenvalue weighted by atomic mass is 10.3. The first kappa shape index (κ1) is 18.6. The van der Waals surface area contributed by atoms with Gasteiger partial charge >= 0.3 is 0 Å². The monoisotopic (exact) mass is 365 g/mol. The number of carbonyl (C=O) groups is 1. The first-order chi connectivity index (χ1) is 11.9. The highest BCUT2D eigenvalue weighted by Crippen LogP contribution is 2.17. The predicted octanol–water partition coefficient (Wildman–Crippen LogP) is 1.29. The maximum atomic E-state index is 12.3. The molecule has 0 aliphatic heterocycles. The zero-order chi connectivity index (χ0) is 18.3. The molecule has 0 saturated heterocycles. The van der Waals surface area contributed by atoms with Crippen LogP contribution in [-0.2, 0) is 19.6 Å². The van der Waals surface area contributed by atoms with Crippen molar-refractivity contribution in [2.75, 3.05) is 35.6 Å². The molecule has 0 spiro atoms. The zero-order valence-corrected chi connectivity index (χ0v) is 14.6. The van der Waals surface area contributed by atoms with Gasteiger partial charge in [0.25, 0.3) is 10.0 Å². The topological polar surface area (TPSA) is 122 Å². The van der Waals surface area contributed by atoms with Crippen LogP contribution in [0.1, 0.15) is 6.92 Å². The molecule has 0 fully saturated rings. The fraction of sp³-hybridized carbons (Fsp3) is 0.267. The Bertz CT molecular complexity index is 807. The van der Waals surface area contributed by atoms with Crippen LogP contribution in [0.5, 0.6) is 0 Å². The molecule has 134 valence electrons. The average molecular weight is 365 g/mol. The number of aromatic nitrogens is 2. The number of ether oxygens (including phenoxy) is 1. The smallest absolute Gasteiger partial charge is 0.263 e. The van der Waals surface area contributed by atoms with E-state index in [0.717, 1.165) is 0 Å². The van der Waals surface area contributed by atoms with Crippen LogP contribution < -0.4 is 15.4 Å². The van der Waals surface area contributed by atoms with Gasteiger partial charge < -0.3 is 15.4 Å². The standard InChI is InChI=1S/C15H19N5O4S/c1-11(21)17-12-3-5-13(6-4-12)25(22,23)20-15-8-7-14(18-19-15)16-9-10-24-2/h3-8H,9-10H2,1-2H3,(H,16,18)(H,17,21)(H,19,20). The molecule has 1 aromatic heterocycles. The van der Waals surface area contributed by atoms with E-state index < -0.39 is 10.0 Å². The van der Waals surface area contributed by atoms with Crippen LogP contribution in [0.4, 0.5) is 17.3 Å². The second-order valence-corrected chi connectivity index (χ2v) is 6.72. The molecule has 2 rings (SSSR count). The summed E-state index contributed by atoms with van der Waals surface area (Å²) in [6.45, 7) is 2.46. The lowest BCUT2D eigenvalue weighted by molar-refractivity contribution is -0.114. The number of hydrogen-bond donors (Lipinski definition) is 3. The highest BCUT2D eigenvalue weighted by atomic mass is 32.2. The van der Waals surface area contributed by atoms with Crippen molar-refractivity contribution >= 4 is 33.3 Å².